The number of sulfonamides is 1. The summed E-state index contributed by atoms with van der Waals surface area (Å²) in [5.74, 6) is -1.11. The van der Waals surface area contributed by atoms with E-state index in [9.17, 15) is 26.4 Å². The average molecular weight is 372 g/mol. The first-order valence-corrected chi connectivity index (χ1v) is 8.55. The zero-order chi connectivity index (χ0) is 18.7. The first-order chi connectivity index (χ1) is 11.6. The third-order valence-corrected chi connectivity index (χ3v) is 5.18. The van der Waals surface area contributed by atoms with Crippen LogP contribution in [0.3, 0.4) is 0 Å². The number of hydrogen-bond donors (Lipinski definition) is 1. The summed E-state index contributed by atoms with van der Waals surface area (Å²) in [5, 5.41) is 1.68. The van der Waals surface area contributed by atoms with Gasteiger partial charge in [0.1, 0.15) is 11.4 Å². The van der Waals surface area contributed by atoms with E-state index in [0.717, 1.165) is 10.4 Å². The van der Waals surface area contributed by atoms with Crippen molar-refractivity contribution in [3.8, 4) is 0 Å². The van der Waals surface area contributed by atoms with Crippen LogP contribution in [0, 0.1) is 0 Å². The minimum atomic E-state index is -4.59. The van der Waals surface area contributed by atoms with Crippen LogP contribution in [0.15, 0.2) is 59.5 Å². The van der Waals surface area contributed by atoms with E-state index in [2.05, 4.69) is 0 Å². The molecular formula is C16H15F3N2O3S. The lowest BCUT2D eigenvalue weighted by molar-refractivity contribution is -0.123. The van der Waals surface area contributed by atoms with Crippen molar-refractivity contribution in [1.82, 2.24) is 5.32 Å². The second kappa shape index (κ2) is 7.14. The maximum atomic E-state index is 12.8. The lowest BCUT2D eigenvalue weighted by Gasteiger charge is -2.21. The minimum Gasteiger partial charge on any atom is -0.343 e. The number of para-hydroxylation sites is 1. The van der Waals surface area contributed by atoms with Gasteiger partial charge in [0, 0.05) is 7.05 Å². The van der Waals surface area contributed by atoms with Crippen LogP contribution in [-0.2, 0) is 10.0 Å². The average Bonchev–Trinajstić information content (AvgIpc) is 2.59. The van der Waals surface area contributed by atoms with Crippen molar-refractivity contribution in [2.75, 3.05) is 17.9 Å². The summed E-state index contributed by atoms with van der Waals surface area (Å²) in [6, 6.07) is 13.2. The second-order valence-corrected chi connectivity index (χ2v) is 7.04. The van der Waals surface area contributed by atoms with E-state index in [-0.39, 0.29) is 10.5 Å². The summed E-state index contributed by atoms with van der Waals surface area (Å²) in [6.45, 7) is -1.55. The highest BCUT2D eigenvalue weighted by Gasteiger charge is 2.30. The first kappa shape index (κ1) is 18.8. The SMILES string of the molecule is CN(c1ccccc1)S(=O)(=O)c1ccccc1C(=O)NCC(F)(F)F. The van der Waals surface area contributed by atoms with Gasteiger partial charge in [-0.3, -0.25) is 9.10 Å². The number of benzene rings is 2. The Kier molecular flexibility index (Phi) is 5.36. The summed E-state index contributed by atoms with van der Waals surface area (Å²) in [5.41, 5.74) is 0.00235. The van der Waals surface area contributed by atoms with Crippen molar-refractivity contribution in [1.29, 1.82) is 0 Å². The van der Waals surface area contributed by atoms with Gasteiger partial charge in [0.15, 0.2) is 0 Å². The molecule has 2 rings (SSSR count). The van der Waals surface area contributed by atoms with Gasteiger partial charge in [-0.05, 0) is 24.3 Å². The van der Waals surface area contributed by atoms with Gasteiger partial charge < -0.3 is 5.32 Å². The van der Waals surface area contributed by atoms with Gasteiger partial charge in [-0.1, -0.05) is 30.3 Å². The van der Waals surface area contributed by atoms with Crippen LogP contribution in [0.5, 0.6) is 0 Å². The highest BCUT2D eigenvalue weighted by atomic mass is 32.2. The van der Waals surface area contributed by atoms with E-state index in [0.29, 0.717) is 5.69 Å². The number of nitrogens with zero attached hydrogens (tertiary/aromatic N) is 1. The molecule has 2 aromatic carbocycles. The van der Waals surface area contributed by atoms with Gasteiger partial charge in [0.2, 0.25) is 0 Å². The number of alkyl halides is 3. The van der Waals surface area contributed by atoms with Crippen LogP contribution in [0.1, 0.15) is 10.4 Å². The van der Waals surface area contributed by atoms with E-state index in [1.807, 2.05) is 0 Å². The van der Waals surface area contributed by atoms with E-state index in [1.165, 1.54) is 25.2 Å². The monoisotopic (exact) mass is 372 g/mol. The highest BCUT2D eigenvalue weighted by Crippen LogP contribution is 2.24. The van der Waals surface area contributed by atoms with Crippen molar-refractivity contribution in [3.63, 3.8) is 0 Å². The molecule has 0 aromatic heterocycles. The molecule has 9 heteroatoms. The Labute approximate surface area is 143 Å². The number of amides is 1. The number of halogens is 3. The highest BCUT2D eigenvalue weighted by molar-refractivity contribution is 7.92. The molecule has 0 bridgehead atoms. The van der Waals surface area contributed by atoms with Crippen LogP contribution in [0.2, 0.25) is 0 Å². The Balaban J connectivity index is 2.38. The molecular weight excluding hydrogens is 357 g/mol. The molecule has 0 fully saturated rings. The Morgan fingerprint density at radius 2 is 1.60 bits per heavy atom. The molecule has 1 N–H and O–H groups in total. The fourth-order valence-electron chi connectivity index (χ4n) is 2.08. The molecule has 0 radical (unpaired) electrons. The smallest absolute Gasteiger partial charge is 0.343 e. The summed E-state index contributed by atoms with van der Waals surface area (Å²) < 4.78 is 63.4. The van der Waals surface area contributed by atoms with E-state index in [1.54, 1.807) is 35.6 Å². The fourth-order valence-corrected chi connectivity index (χ4v) is 3.46. The summed E-state index contributed by atoms with van der Waals surface area (Å²) in [7, 11) is -2.83. The molecule has 0 heterocycles. The molecule has 1 amide bonds. The molecule has 134 valence electrons. The molecule has 0 saturated carbocycles. The lowest BCUT2D eigenvalue weighted by Crippen LogP contribution is -2.35. The zero-order valence-electron chi connectivity index (χ0n) is 13.1. The molecule has 0 saturated heterocycles. The zero-order valence-corrected chi connectivity index (χ0v) is 13.9. The van der Waals surface area contributed by atoms with Gasteiger partial charge in [-0.2, -0.15) is 13.2 Å². The van der Waals surface area contributed by atoms with Crippen molar-refractivity contribution in [3.05, 3.63) is 60.2 Å². The predicted molar refractivity (Wildman–Crippen MR) is 86.9 cm³/mol. The van der Waals surface area contributed by atoms with Crippen molar-refractivity contribution in [2.45, 2.75) is 11.1 Å². The third-order valence-electron chi connectivity index (χ3n) is 3.34. The van der Waals surface area contributed by atoms with Crippen molar-refractivity contribution < 1.29 is 26.4 Å². The number of anilines is 1. The quantitative estimate of drug-likeness (QED) is 0.878. The molecule has 2 aromatic rings. The van der Waals surface area contributed by atoms with Gasteiger partial charge in [-0.15, -0.1) is 0 Å². The summed E-state index contributed by atoms with van der Waals surface area (Å²) in [6.07, 6.45) is -4.59. The fraction of sp³-hybridized carbons (Fsp3) is 0.188. The maximum absolute atomic E-state index is 12.8. The van der Waals surface area contributed by atoms with E-state index < -0.39 is 28.7 Å². The van der Waals surface area contributed by atoms with Crippen molar-refractivity contribution >= 4 is 21.6 Å². The number of carbonyl (C=O) groups is 1. The normalized spacial score (nSPS) is 11.8. The molecule has 5 nitrogen and oxygen atoms in total. The van der Waals surface area contributed by atoms with Gasteiger partial charge in [0.25, 0.3) is 15.9 Å². The lowest BCUT2D eigenvalue weighted by atomic mass is 10.2. The largest absolute Gasteiger partial charge is 0.405 e. The molecule has 0 aliphatic rings. The molecule has 0 atom stereocenters. The van der Waals surface area contributed by atoms with E-state index in [4.69, 9.17) is 0 Å². The van der Waals surface area contributed by atoms with Crippen LogP contribution < -0.4 is 9.62 Å². The molecule has 0 aliphatic carbocycles. The first-order valence-electron chi connectivity index (χ1n) is 7.11. The molecule has 0 unspecified atom stereocenters. The Bertz CT molecular complexity index is 852. The Morgan fingerprint density at radius 3 is 2.20 bits per heavy atom. The summed E-state index contributed by atoms with van der Waals surface area (Å²) >= 11 is 0. The number of nitrogens with one attached hydrogen (secondary N) is 1. The van der Waals surface area contributed by atoms with Crippen LogP contribution >= 0.6 is 0 Å². The third kappa shape index (κ3) is 4.50. The number of hydrogen-bond acceptors (Lipinski definition) is 3. The standard InChI is InChI=1S/C16H15F3N2O3S/c1-21(12-7-3-2-4-8-12)25(23,24)14-10-6-5-9-13(14)15(22)20-11-16(17,18)19/h2-10H,11H2,1H3,(H,20,22). The number of rotatable bonds is 5. The minimum absolute atomic E-state index is 0.352. The molecule has 0 aliphatic heterocycles. The van der Waals surface area contributed by atoms with Gasteiger partial charge in [-0.25, -0.2) is 8.42 Å². The summed E-state index contributed by atoms with van der Waals surface area (Å²) in [4.78, 5) is 11.6. The molecule has 0 spiro atoms. The van der Waals surface area contributed by atoms with E-state index >= 15 is 0 Å². The Hall–Kier alpha value is -2.55. The predicted octanol–water partition coefficient (Wildman–Crippen LogP) is 2.80. The maximum Gasteiger partial charge on any atom is 0.405 e. The van der Waals surface area contributed by atoms with Crippen molar-refractivity contribution in [2.24, 2.45) is 0 Å². The van der Waals surface area contributed by atoms with Gasteiger partial charge >= 0.3 is 6.18 Å². The van der Waals surface area contributed by atoms with Gasteiger partial charge in [0.05, 0.1) is 11.3 Å². The Morgan fingerprint density at radius 1 is 1.04 bits per heavy atom. The van der Waals surface area contributed by atoms with Crippen LogP contribution in [0.4, 0.5) is 18.9 Å². The number of carbonyl (C=O) groups excluding carboxylic acids is 1. The topological polar surface area (TPSA) is 66.5 Å². The second-order valence-electron chi connectivity index (χ2n) is 5.10. The van der Waals surface area contributed by atoms with Crippen LogP contribution in [-0.4, -0.2) is 34.1 Å². The molecule has 25 heavy (non-hydrogen) atoms. The van der Waals surface area contributed by atoms with Crippen LogP contribution in [0.25, 0.3) is 0 Å².